The lowest BCUT2D eigenvalue weighted by Crippen LogP contribution is -2.51. The maximum Gasteiger partial charge on any atom is 0.176 e. The van der Waals surface area contributed by atoms with E-state index >= 15 is 0 Å². The molecule has 0 spiro atoms. The van der Waals surface area contributed by atoms with E-state index in [1.54, 1.807) is 14.2 Å². The number of rotatable bonds is 5. The molecule has 0 N–H and O–H groups in total. The Morgan fingerprint density at radius 3 is 2.57 bits per heavy atom. The zero-order valence-corrected chi connectivity index (χ0v) is 21.4. The van der Waals surface area contributed by atoms with E-state index in [9.17, 15) is 9.59 Å². The van der Waals surface area contributed by atoms with E-state index in [0.29, 0.717) is 18.3 Å². The quantitative estimate of drug-likeness (QED) is 0.507. The summed E-state index contributed by atoms with van der Waals surface area (Å²) in [5.74, 6) is 8.84. The molecule has 4 aliphatic carbocycles. The zero-order chi connectivity index (χ0) is 24.8. The third-order valence-electron chi connectivity index (χ3n) is 9.54. The summed E-state index contributed by atoms with van der Waals surface area (Å²) in [4.78, 5) is 25.9. The van der Waals surface area contributed by atoms with Gasteiger partial charge in [-0.05, 0) is 97.6 Å². The number of carbonyl (C=O) groups is 2. The number of methoxy groups -OCH3 is 2. The van der Waals surface area contributed by atoms with Crippen molar-refractivity contribution < 1.29 is 19.1 Å². The zero-order valence-electron chi connectivity index (χ0n) is 21.4. The van der Waals surface area contributed by atoms with Crippen molar-refractivity contribution in [3.63, 3.8) is 0 Å². The Bertz CT molecular complexity index is 1160. The van der Waals surface area contributed by atoms with Crippen LogP contribution in [0.2, 0.25) is 0 Å². The number of carbonyl (C=O) groups excluding carboxylic acids is 2. The lowest BCUT2D eigenvalue weighted by atomic mass is 9.48. The topological polar surface area (TPSA) is 52.6 Å². The molecule has 0 saturated heterocycles. The van der Waals surface area contributed by atoms with Gasteiger partial charge in [-0.2, -0.15) is 0 Å². The molecule has 0 unspecified atom stereocenters. The Balaban J connectivity index is 1.69. The lowest BCUT2D eigenvalue weighted by molar-refractivity contribution is -0.136. The molecule has 0 aromatic heterocycles. The molecule has 5 rings (SSSR count). The molecule has 0 bridgehead atoms. The fraction of sp³-hybridized carbons (Fsp3) is 0.548. The van der Waals surface area contributed by atoms with Gasteiger partial charge >= 0.3 is 0 Å². The predicted octanol–water partition coefficient (Wildman–Crippen LogP) is 5.82. The first-order valence-electron chi connectivity index (χ1n) is 13.0. The van der Waals surface area contributed by atoms with Crippen molar-refractivity contribution in [1.29, 1.82) is 0 Å². The molecule has 0 radical (unpaired) electrons. The summed E-state index contributed by atoms with van der Waals surface area (Å²) < 4.78 is 10.8. The molecule has 5 atom stereocenters. The number of ketones is 2. The maximum absolute atomic E-state index is 13.7. The standard InChI is InChI=1S/C31H36O4/c1-5-15-31(28(33)19-34-3)16-14-27-25-12-8-21-17-22(32)9-13-24(21)29(25)26(18-30(27,31)2)20-6-10-23(35-4)11-7-20/h6-7,10-11,17,25-27H,8-9,12-14,16,18-19H2,1-4H3/t25-,26+,27-,30-,31+/m0/s1. The molecule has 1 aromatic rings. The van der Waals surface area contributed by atoms with Gasteiger partial charge in [-0.25, -0.2) is 0 Å². The van der Waals surface area contributed by atoms with E-state index in [1.807, 2.05) is 25.1 Å². The van der Waals surface area contributed by atoms with Crippen LogP contribution in [0.15, 0.2) is 47.1 Å². The van der Waals surface area contributed by atoms with Gasteiger partial charge in [-0.1, -0.05) is 30.6 Å². The summed E-state index contributed by atoms with van der Waals surface area (Å²) >= 11 is 0. The minimum Gasteiger partial charge on any atom is -0.497 e. The molecule has 184 valence electrons. The van der Waals surface area contributed by atoms with Crippen LogP contribution >= 0.6 is 0 Å². The normalized spacial score (nSPS) is 33.7. The first-order valence-corrected chi connectivity index (χ1v) is 13.0. The number of hydrogen-bond acceptors (Lipinski definition) is 4. The van der Waals surface area contributed by atoms with Crippen molar-refractivity contribution in [2.45, 2.75) is 64.7 Å². The summed E-state index contributed by atoms with van der Waals surface area (Å²) in [7, 11) is 3.29. The Hall–Kier alpha value is -2.64. The van der Waals surface area contributed by atoms with Crippen molar-refractivity contribution in [2.24, 2.45) is 22.7 Å². The molecular weight excluding hydrogens is 436 g/mol. The largest absolute Gasteiger partial charge is 0.497 e. The number of Topliss-reactive ketones (excluding diaryl/α,β-unsaturated/α-hetero) is 1. The van der Waals surface area contributed by atoms with Crippen molar-refractivity contribution >= 4 is 11.6 Å². The van der Waals surface area contributed by atoms with Gasteiger partial charge < -0.3 is 9.47 Å². The fourth-order valence-electron chi connectivity index (χ4n) is 8.02. The van der Waals surface area contributed by atoms with Crippen molar-refractivity contribution in [3.05, 3.63) is 52.6 Å². The van der Waals surface area contributed by atoms with E-state index in [1.165, 1.54) is 22.3 Å². The van der Waals surface area contributed by atoms with Crippen molar-refractivity contribution in [2.75, 3.05) is 20.8 Å². The SMILES string of the molecule is CC#C[C@]1(C(=O)COC)CC[C@H]2[C@@H]3CCC4=CC(=O)CCC4=C3[C@@H](c3ccc(OC)cc3)C[C@@]21C. The highest BCUT2D eigenvalue weighted by Crippen LogP contribution is 2.69. The van der Waals surface area contributed by atoms with Gasteiger partial charge in [0.2, 0.25) is 0 Å². The molecule has 0 aliphatic heterocycles. The number of allylic oxidation sites excluding steroid dienone is 4. The highest BCUT2D eigenvalue weighted by atomic mass is 16.5. The molecule has 1 aromatic carbocycles. The van der Waals surface area contributed by atoms with E-state index < -0.39 is 5.41 Å². The fourth-order valence-corrected chi connectivity index (χ4v) is 8.02. The van der Waals surface area contributed by atoms with Crippen LogP contribution in [0.3, 0.4) is 0 Å². The van der Waals surface area contributed by atoms with Crippen LogP contribution in [0, 0.1) is 34.5 Å². The molecule has 0 heterocycles. The second-order valence-electron chi connectivity index (χ2n) is 10.9. The van der Waals surface area contributed by atoms with Crippen molar-refractivity contribution in [1.82, 2.24) is 0 Å². The summed E-state index contributed by atoms with van der Waals surface area (Å²) in [6, 6.07) is 8.45. The molecule has 4 aliphatic rings. The van der Waals surface area contributed by atoms with Gasteiger partial charge in [0.25, 0.3) is 0 Å². The van der Waals surface area contributed by atoms with Crippen LogP contribution < -0.4 is 4.74 Å². The van der Waals surface area contributed by atoms with Gasteiger partial charge in [0.05, 0.1) is 12.5 Å². The van der Waals surface area contributed by atoms with E-state index in [0.717, 1.165) is 44.3 Å². The third-order valence-corrected chi connectivity index (χ3v) is 9.54. The highest BCUT2D eigenvalue weighted by molar-refractivity contribution is 5.93. The third kappa shape index (κ3) is 3.62. The van der Waals surface area contributed by atoms with Gasteiger partial charge in [-0.3, -0.25) is 9.59 Å². The summed E-state index contributed by atoms with van der Waals surface area (Å²) in [6.07, 6.45) is 8.03. The van der Waals surface area contributed by atoms with E-state index in [4.69, 9.17) is 9.47 Å². The summed E-state index contributed by atoms with van der Waals surface area (Å²) in [5.41, 5.74) is 4.55. The van der Waals surface area contributed by atoms with Gasteiger partial charge in [0.15, 0.2) is 11.6 Å². The van der Waals surface area contributed by atoms with Crippen LogP contribution in [0.25, 0.3) is 0 Å². The Kier molecular flexibility index (Phi) is 6.26. The summed E-state index contributed by atoms with van der Waals surface area (Å²) in [6.45, 7) is 4.29. The smallest absolute Gasteiger partial charge is 0.176 e. The Morgan fingerprint density at radius 2 is 1.89 bits per heavy atom. The first kappa shape index (κ1) is 24.1. The second-order valence-corrected chi connectivity index (χ2v) is 10.9. The van der Waals surface area contributed by atoms with Crippen LogP contribution in [0.4, 0.5) is 0 Å². The molecule has 2 saturated carbocycles. The molecule has 35 heavy (non-hydrogen) atoms. The van der Waals surface area contributed by atoms with Gasteiger partial charge in [-0.15, -0.1) is 5.92 Å². The second kappa shape index (κ2) is 9.10. The minimum atomic E-state index is -0.679. The van der Waals surface area contributed by atoms with E-state index in [2.05, 4.69) is 30.9 Å². The molecule has 2 fully saturated rings. The Morgan fingerprint density at radius 1 is 1.11 bits per heavy atom. The van der Waals surface area contributed by atoms with Gasteiger partial charge in [0, 0.05) is 19.4 Å². The number of fused-ring (bicyclic) bond motifs is 4. The minimum absolute atomic E-state index is 0.109. The molecular formula is C31H36O4. The predicted molar refractivity (Wildman–Crippen MR) is 136 cm³/mol. The number of hydrogen-bond donors (Lipinski definition) is 0. The monoisotopic (exact) mass is 472 g/mol. The van der Waals surface area contributed by atoms with Crippen LogP contribution in [0.1, 0.15) is 70.3 Å². The van der Waals surface area contributed by atoms with Crippen LogP contribution in [-0.2, 0) is 14.3 Å². The number of benzene rings is 1. The lowest BCUT2D eigenvalue weighted by Gasteiger charge is -2.54. The average molecular weight is 473 g/mol. The Labute approximate surface area is 209 Å². The maximum atomic E-state index is 13.7. The van der Waals surface area contributed by atoms with E-state index in [-0.39, 0.29) is 29.5 Å². The molecule has 4 nitrogen and oxygen atoms in total. The summed E-state index contributed by atoms with van der Waals surface area (Å²) in [5, 5.41) is 0. The van der Waals surface area contributed by atoms with Gasteiger partial charge in [0.1, 0.15) is 12.4 Å². The molecule has 0 amide bonds. The number of ether oxygens (including phenoxy) is 2. The van der Waals surface area contributed by atoms with Crippen LogP contribution in [-0.4, -0.2) is 32.4 Å². The molecule has 4 heteroatoms. The first-order chi connectivity index (χ1) is 16.9. The van der Waals surface area contributed by atoms with Crippen molar-refractivity contribution in [3.8, 4) is 17.6 Å². The van der Waals surface area contributed by atoms with Crippen LogP contribution in [0.5, 0.6) is 5.75 Å². The highest BCUT2D eigenvalue weighted by Gasteiger charge is 2.65. The average Bonchev–Trinajstić information content (AvgIpc) is 3.16.